The first-order chi connectivity index (χ1) is 14.2. The Bertz CT molecular complexity index is 1090. The molecule has 0 atom stereocenters. The van der Waals surface area contributed by atoms with Crippen LogP contribution >= 0.6 is 0 Å². The van der Waals surface area contributed by atoms with Crippen LogP contribution in [0.15, 0.2) is 65.6 Å². The average molecular weight is 422 g/mol. The summed E-state index contributed by atoms with van der Waals surface area (Å²) in [5.41, 5.74) is 0.0777. The van der Waals surface area contributed by atoms with Crippen LogP contribution in [0.3, 0.4) is 0 Å². The van der Waals surface area contributed by atoms with Crippen molar-refractivity contribution in [2.24, 2.45) is 0 Å². The first kappa shape index (κ1) is 20.9. The SMILES string of the molecule is O=C(Nc1cc[nH]c(=O)c1)c1ccc(CF)cc1Oc1ccc(OC(F)(F)F)cc1. The van der Waals surface area contributed by atoms with Crippen LogP contribution in [0.2, 0.25) is 0 Å². The fourth-order valence-electron chi connectivity index (χ4n) is 2.48. The third-order valence-electron chi connectivity index (χ3n) is 3.76. The van der Waals surface area contributed by atoms with E-state index in [1.54, 1.807) is 0 Å². The topological polar surface area (TPSA) is 80.4 Å². The Balaban J connectivity index is 1.84. The first-order valence-electron chi connectivity index (χ1n) is 8.46. The van der Waals surface area contributed by atoms with Gasteiger partial charge in [0.05, 0.1) is 5.56 Å². The molecule has 2 aromatic carbocycles. The maximum Gasteiger partial charge on any atom is 0.573 e. The maximum atomic E-state index is 13.1. The number of rotatable bonds is 6. The molecule has 0 aliphatic rings. The lowest BCUT2D eigenvalue weighted by Crippen LogP contribution is -2.17. The molecule has 2 N–H and O–H groups in total. The number of carbonyl (C=O) groups is 1. The van der Waals surface area contributed by atoms with Gasteiger partial charge in [-0.3, -0.25) is 9.59 Å². The number of alkyl halides is 4. The van der Waals surface area contributed by atoms with Crippen molar-refractivity contribution >= 4 is 11.6 Å². The van der Waals surface area contributed by atoms with Crippen LogP contribution in [0.1, 0.15) is 15.9 Å². The summed E-state index contributed by atoms with van der Waals surface area (Å²) >= 11 is 0. The molecular weight excluding hydrogens is 408 g/mol. The number of ether oxygens (including phenoxy) is 2. The number of benzene rings is 2. The van der Waals surface area contributed by atoms with Gasteiger partial charge < -0.3 is 19.8 Å². The smallest absolute Gasteiger partial charge is 0.457 e. The predicted molar refractivity (Wildman–Crippen MR) is 99.5 cm³/mol. The van der Waals surface area contributed by atoms with Crippen molar-refractivity contribution < 1.29 is 31.8 Å². The molecule has 0 saturated carbocycles. The van der Waals surface area contributed by atoms with Gasteiger partial charge in [0.15, 0.2) is 0 Å². The molecule has 0 spiro atoms. The van der Waals surface area contributed by atoms with Gasteiger partial charge in [-0.05, 0) is 48.0 Å². The number of nitrogens with one attached hydrogen (secondary N) is 2. The minimum absolute atomic E-state index is 0.0167. The van der Waals surface area contributed by atoms with Crippen LogP contribution in [-0.4, -0.2) is 17.3 Å². The molecule has 0 aliphatic carbocycles. The van der Waals surface area contributed by atoms with Crippen molar-refractivity contribution in [3.8, 4) is 17.2 Å². The Morgan fingerprint density at radius 2 is 1.70 bits per heavy atom. The van der Waals surface area contributed by atoms with E-state index in [2.05, 4.69) is 15.0 Å². The standard InChI is InChI=1S/C20H14F4N2O4/c21-11-12-1-6-16(19(28)26-13-7-8-25-18(27)10-13)17(9-12)29-14-2-4-15(5-3-14)30-20(22,23)24/h1-10H,11H2,(H2,25,26,27,28). The van der Waals surface area contributed by atoms with Crippen molar-refractivity contribution in [2.75, 3.05) is 5.32 Å². The highest BCUT2D eigenvalue weighted by molar-refractivity contribution is 6.06. The van der Waals surface area contributed by atoms with Gasteiger partial charge in [-0.1, -0.05) is 6.07 Å². The molecular formula is C20H14F4N2O4. The average Bonchev–Trinajstić information content (AvgIpc) is 2.68. The van der Waals surface area contributed by atoms with E-state index in [9.17, 15) is 27.2 Å². The number of hydrogen-bond donors (Lipinski definition) is 2. The second-order valence-electron chi connectivity index (χ2n) is 5.98. The molecule has 3 aromatic rings. The number of H-pyrrole nitrogens is 1. The molecule has 0 aliphatic heterocycles. The lowest BCUT2D eigenvalue weighted by atomic mass is 10.1. The summed E-state index contributed by atoms with van der Waals surface area (Å²) in [5, 5.41) is 2.52. The normalized spacial score (nSPS) is 11.1. The summed E-state index contributed by atoms with van der Waals surface area (Å²) in [4.78, 5) is 26.4. The van der Waals surface area contributed by atoms with Gasteiger partial charge in [0, 0.05) is 18.0 Å². The molecule has 156 valence electrons. The van der Waals surface area contributed by atoms with Gasteiger partial charge in [-0.15, -0.1) is 13.2 Å². The lowest BCUT2D eigenvalue weighted by molar-refractivity contribution is -0.274. The van der Waals surface area contributed by atoms with E-state index in [0.717, 1.165) is 12.1 Å². The molecule has 0 bridgehead atoms. The van der Waals surface area contributed by atoms with Gasteiger partial charge in [-0.25, -0.2) is 4.39 Å². The van der Waals surface area contributed by atoms with E-state index in [-0.39, 0.29) is 28.3 Å². The zero-order valence-corrected chi connectivity index (χ0v) is 15.1. The Labute approximate surface area is 167 Å². The van der Waals surface area contributed by atoms with E-state index >= 15 is 0 Å². The van der Waals surface area contributed by atoms with Gasteiger partial charge in [-0.2, -0.15) is 0 Å². The van der Waals surface area contributed by atoms with Crippen LogP contribution < -0.4 is 20.3 Å². The number of pyridine rings is 1. The monoisotopic (exact) mass is 422 g/mol. The largest absolute Gasteiger partial charge is 0.573 e. The summed E-state index contributed by atoms with van der Waals surface area (Å²) in [7, 11) is 0. The van der Waals surface area contributed by atoms with Crippen molar-refractivity contribution in [1.29, 1.82) is 0 Å². The summed E-state index contributed by atoms with van der Waals surface area (Å²) in [6.07, 6.45) is -3.48. The van der Waals surface area contributed by atoms with Gasteiger partial charge in [0.25, 0.3) is 5.91 Å². The molecule has 1 aromatic heterocycles. The molecule has 10 heteroatoms. The van der Waals surface area contributed by atoms with Crippen molar-refractivity contribution in [1.82, 2.24) is 4.98 Å². The van der Waals surface area contributed by atoms with E-state index in [1.807, 2.05) is 0 Å². The van der Waals surface area contributed by atoms with Crippen molar-refractivity contribution in [3.05, 3.63) is 82.3 Å². The van der Waals surface area contributed by atoms with Crippen LogP contribution in [-0.2, 0) is 6.67 Å². The molecule has 0 radical (unpaired) electrons. The molecule has 1 amide bonds. The minimum Gasteiger partial charge on any atom is -0.457 e. The van der Waals surface area contributed by atoms with E-state index in [4.69, 9.17) is 4.74 Å². The second kappa shape index (κ2) is 8.68. The number of amides is 1. The molecule has 3 rings (SSSR count). The van der Waals surface area contributed by atoms with Gasteiger partial charge >= 0.3 is 6.36 Å². The van der Waals surface area contributed by atoms with Crippen LogP contribution in [0, 0.1) is 0 Å². The van der Waals surface area contributed by atoms with Crippen molar-refractivity contribution in [3.63, 3.8) is 0 Å². The lowest BCUT2D eigenvalue weighted by Gasteiger charge is -2.13. The molecule has 0 unspecified atom stereocenters. The Hall–Kier alpha value is -3.82. The predicted octanol–water partition coefficient (Wildman–Crippen LogP) is 4.79. The quantitative estimate of drug-likeness (QED) is 0.560. The first-order valence-corrected chi connectivity index (χ1v) is 8.46. The summed E-state index contributed by atoms with van der Waals surface area (Å²) in [6, 6.07) is 11.2. The number of carbonyl (C=O) groups excluding carboxylic acids is 1. The highest BCUT2D eigenvalue weighted by Gasteiger charge is 2.31. The zero-order valence-electron chi connectivity index (χ0n) is 15.1. The zero-order chi connectivity index (χ0) is 21.7. The van der Waals surface area contributed by atoms with Crippen LogP contribution in [0.5, 0.6) is 17.2 Å². The fraction of sp³-hybridized carbons (Fsp3) is 0.100. The van der Waals surface area contributed by atoms with Gasteiger partial charge in [0.1, 0.15) is 23.9 Å². The third-order valence-corrected chi connectivity index (χ3v) is 3.76. The molecule has 30 heavy (non-hydrogen) atoms. The number of halogens is 4. The molecule has 0 fully saturated rings. The summed E-state index contributed by atoms with van der Waals surface area (Å²) in [5.74, 6) is -0.986. The van der Waals surface area contributed by atoms with Crippen LogP contribution in [0.4, 0.5) is 23.2 Å². The number of anilines is 1. The van der Waals surface area contributed by atoms with Crippen molar-refractivity contribution in [2.45, 2.75) is 13.0 Å². The molecule has 0 saturated heterocycles. The van der Waals surface area contributed by atoms with Gasteiger partial charge in [0.2, 0.25) is 5.56 Å². The summed E-state index contributed by atoms with van der Waals surface area (Å²) in [6.45, 7) is -0.815. The minimum atomic E-state index is -4.83. The van der Waals surface area contributed by atoms with E-state index < -0.39 is 30.3 Å². The highest BCUT2D eigenvalue weighted by Crippen LogP contribution is 2.30. The number of hydrogen-bond acceptors (Lipinski definition) is 4. The maximum absolute atomic E-state index is 13.1. The molecule has 1 heterocycles. The van der Waals surface area contributed by atoms with E-state index in [0.29, 0.717) is 0 Å². The van der Waals surface area contributed by atoms with E-state index in [1.165, 1.54) is 48.7 Å². The Morgan fingerprint density at radius 3 is 2.33 bits per heavy atom. The van der Waals surface area contributed by atoms with Crippen LogP contribution in [0.25, 0.3) is 0 Å². The second-order valence-corrected chi connectivity index (χ2v) is 5.98. The third kappa shape index (κ3) is 5.60. The summed E-state index contributed by atoms with van der Waals surface area (Å²) < 4.78 is 59.2. The number of aromatic amines is 1. The number of aromatic nitrogens is 1. The fourth-order valence-corrected chi connectivity index (χ4v) is 2.48. The Kier molecular flexibility index (Phi) is 6.05. The highest BCUT2D eigenvalue weighted by atomic mass is 19.4. The Morgan fingerprint density at radius 1 is 1.00 bits per heavy atom. The molecule has 6 nitrogen and oxygen atoms in total.